The van der Waals surface area contributed by atoms with E-state index in [2.05, 4.69) is 0 Å². The highest BCUT2D eigenvalue weighted by atomic mass is 35.5. The maximum atomic E-state index is 12.3. The number of aryl methyl sites for hydroxylation is 1. The Labute approximate surface area is 118 Å². The minimum absolute atomic E-state index is 0.119. The number of carbonyl (C=O) groups is 1. The largest absolute Gasteiger partial charge is 0.496 e. The van der Waals surface area contributed by atoms with Crippen molar-refractivity contribution in [2.75, 3.05) is 7.11 Å². The quantitative estimate of drug-likeness (QED) is 0.618. The van der Waals surface area contributed by atoms with Gasteiger partial charge in [-0.15, -0.1) is 11.6 Å². The fourth-order valence-corrected chi connectivity index (χ4v) is 2.16. The van der Waals surface area contributed by atoms with Crippen molar-refractivity contribution >= 4 is 17.4 Å². The molecule has 0 radical (unpaired) electrons. The van der Waals surface area contributed by atoms with Crippen LogP contribution in [0.1, 0.15) is 26.9 Å². The molecule has 0 aromatic heterocycles. The van der Waals surface area contributed by atoms with Crippen molar-refractivity contribution in [1.82, 2.24) is 0 Å². The number of hydrogen-bond donors (Lipinski definition) is 0. The SMILES string of the molecule is COc1cc(C(=O)C(Cl)c2ccccc2)ccc1C. The van der Waals surface area contributed by atoms with Gasteiger partial charge in [0.2, 0.25) is 0 Å². The Kier molecular flexibility index (Phi) is 4.23. The third-order valence-corrected chi connectivity index (χ3v) is 3.47. The van der Waals surface area contributed by atoms with Crippen LogP contribution in [0, 0.1) is 6.92 Å². The van der Waals surface area contributed by atoms with Crippen molar-refractivity contribution in [1.29, 1.82) is 0 Å². The number of carbonyl (C=O) groups excluding carboxylic acids is 1. The fourth-order valence-electron chi connectivity index (χ4n) is 1.89. The Morgan fingerprint density at radius 3 is 2.47 bits per heavy atom. The lowest BCUT2D eigenvalue weighted by molar-refractivity contribution is 0.0987. The summed E-state index contributed by atoms with van der Waals surface area (Å²) in [6, 6.07) is 14.7. The van der Waals surface area contributed by atoms with Crippen LogP contribution in [0.2, 0.25) is 0 Å². The van der Waals surface area contributed by atoms with Crippen LogP contribution in [0.15, 0.2) is 48.5 Å². The van der Waals surface area contributed by atoms with Crippen LogP contribution in [0.4, 0.5) is 0 Å². The van der Waals surface area contributed by atoms with Crippen LogP contribution >= 0.6 is 11.6 Å². The van der Waals surface area contributed by atoms with Gasteiger partial charge in [0.25, 0.3) is 0 Å². The Morgan fingerprint density at radius 2 is 1.84 bits per heavy atom. The lowest BCUT2D eigenvalue weighted by Crippen LogP contribution is -2.08. The number of alkyl halides is 1. The Balaban J connectivity index is 2.29. The van der Waals surface area contributed by atoms with Gasteiger partial charge in [-0.25, -0.2) is 0 Å². The molecule has 3 heteroatoms. The van der Waals surface area contributed by atoms with E-state index in [0.717, 1.165) is 11.1 Å². The minimum Gasteiger partial charge on any atom is -0.496 e. The molecule has 2 nitrogen and oxygen atoms in total. The zero-order valence-electron chi connectivity index (χ0n) is 10.9. The Hall–Kier alpha value is -1.80. The molecule has 0 amide bonds. The lowest BCUT2D eigenvalue weighted by Gasteiger charge is -2.11. The predicted molar refractivity (Wildman–Crippen MR) is 77.1 cm³/mol. The number of Topliss-reactive ketones (excluding diaryl/α,β-unsaturated/α-hetero) is 1. The summed E-state index contributed by atoms with van der Waals surface area (Å²) < 4.78 is 5.23. The molecular weight excluding hydrogens is 260 g/mol. The van der Waals surface area contributed by atoms with E-state index in [1.807, 2.05) is 43.3 Å². The predicted octanol–water partition coefficient (Wildman–Crippen LogP) is 4.17. The highest BCUT2D eigenvalue weighted by molar-refractivity contribution is 6.33. The summed E-state index contributed by atoms with van der Waals surface area (Å²) in [5.41, 5.74) is 2.35. The van der Waals surface area contributed by atoms with Gasteiger partial charge in [-0.2, -0.15) is 0 Å². The van der Waals surface area contributed by atoms with Crippen LogP contribution in [0.5, 0.6) is 5.75 Å². The number of ether oxygens (including phenoxy) is 1. The van der Waals surface area contributed by atoms with E-state index in [0.29, 0.717) is 11.3 Å². The maximum Gasteiger partial charge on any atom is 0.185 e. The molecule has 1 unspecified atom stereocenters. The second-order valence-electron chi connectivity index (χ2n) is 4.32. The number of hydrogen-bond acceptors (Lipinski definition) is 2. The van der Waals surface area contributed by atoms with Gasteiger partial charge in [-0.05, 0) is 24.1 Å². The van der Waals surface area contributed by atoms with Gasteiger partial charge in [0, 0.05) is 5.56 Å². The van der Waals surface area contributed by atoms with Gasteiger partial charge in [-0.3, -0.25) is 4.79 Å². The first-order valence-electron chi connectivity index (χ1n) is 6.01. The Morgan fingerprint density at radius 1 is 1.16 bits per heavy atom. The Bertz CT molecular complexity index is 579. The van der Waals surface area contributed by atoms with Crippen LogP contribution in [-0.2, 0) is 0 Å². The van der Waals surface area contributed by atoms with Crippen molar-refractivity contribution in [3.63, 3.8) is 0 Å². The molecule has 1 atom stereocenters. The van der Waals surface area contributed by atoms with Crippen LogP contribution in [0.3, 0.4) is 0 Å². The first kappa shape index (κ1) is 13.6. The zero-order chi connectivity index (χ0) is 13.8. The summed E-state index contributed by atoms with van der Waals surface area (Å²) in [6.45, 7) is 1.93. The molecule has 0 saturated carbocycles. The smallest absolute Gasteiger partial charge is 0.185 e. The van der Waals surface area contributed by atoms with E-state index in [9.17, 15) is 4.79 Å². The van der Waals surface area contributed by atoms with E-state index >= 15 is 0 Å². The number of benzene rings is 2. The van der Waals surface area contributed by atoms with Crippen molar-refractivity contribution in [3.8, 4) is 5.75 Å². The zero-order valence-corrected chi connectivity index (χ0v) is 11.6. The summed E-state index contributed by atoms with van der Waals surface area (Å²) in [6.07, 6.45) is 0. The van der Waals surface area contributed by atoms with Crippen molar-refractivity contribution < 1.29 is 9.53 Å². The normalized spacial score (nSPS) is 11.9. The molecule has 19 heavy (non-hydrogen) atoms. The van der Waals surface area contributed by atoms with Crippen LogP contribution in [-0.4, -0.2) is 12.9 Å². The van der Waals surface area contributed by atoms with Gasteiger partial charge in [-0.1, -0.05) is 42.5 Å². The van der Waals surface area contributed by atoms with E-state index in [4.69, 9.17) is 16.3 Å². The second-order valence-corrected chi connectivity index (χ2v) is 4.76. The third-order valence-electron chi connectivity index (χ3n) is 3.01. The molecule has 0 bridgehead atoms. The summed E-state index contributed by atoms with van der Waals surface area (Å²) in [4.78, 5) is 12.3. The number of methoxy groups -OCH3 is 1. The van der Waals surface area contributed by atoms with E-state index in [1.165, 1.54) is 0 Å². The van der Waals surface area contributed by atoms with Gasteiger partial charge < -0.3 is 4.74 Å². The van der Waals surface area contributed by atoms with Gasteiger partial charge in [0.05, 0.1) is 7.11 Å². The molecule has 0 N–H and O–H groups in total. The first-order chi connectivity index (χ1) is 9.13. The summed E-state index contributed by atoms with van der Waals surface area (Å²) >= 11 is 6.24. The monoisotopic (exact) mass is 274 g/mol. The highest BCUT2D eigenvalue weighted by Crippen LogP contribution is 2.27. The fraction of sp³-hybridized carbons (Fsp3) is 0.188. The van der Waals surface area contributed by atoms with Gasteiger partial charge in [0.15, 0.2) is 5.78 Å². The third kappa shape index (κ3) is 2.96. The molecule has 0 aliphatic carbocycles. The molecule has 2 aromatic rings. The molecular formula is C16H15ClO2. The standard InChI is InChI=1S/C16H15ClO2/c1-11-8-9-13(10-14(11)19-2)16(18)15(17)12-6-4-3-5-7-12/h3-10,15H,1-2H3. The molecule has 0 aliphatic rings. The summed E-state index contributed by atoms with van der Waals surface area (Å²) in [5.74, 6) is 0.578. The molecule has 2 aromatic carbocycles. The van der Waals surface area contributed by atoms with E-state index < -0.39 is 5.38 Å². The molecule has 0 spiro atoms. The number of halogens is 1. The molecule has 0 saturated heterocycles. The lowest BCUT2D eigenvalue weighted by atomic mass is 10.0. The topological polar surface area (TPSA) is 26.3 Å². The van der Waals surface area contributed by atoms with Crippen molar-refractivity contribution in [3.05, 3.63) is 65.2 Å². The van der Waals surface area contributed by atoms with E-state index in [1.54, 1.807) is 19.2 Å². The molecule has 0 aliphatic heterocycles. The number of ketones is 1. The second kappa shape index (κ2) is 5.89. The summed E-state index contributed by atoms with van der Waals surface area (Å²) in [7, 11) is 1.59. The summed E-state index contributed by atoms with van der Waals surface area (Å²) in [5, 5.41) is -0.673. The number of rotatable bonds is 4. The van der Waals surface area contributed by atoms with Gasteiger partial charge in [0.1, 0.15) is 11.1 Å². The molecule has 0 fully saturated rings. The average Bonchev–Trinajstić information content (AvgIpc) is 2.47. The molecule has 0 heterocycles. The molecule has 2 rings (SSSR count). The van der Waals surface area contributed by atoms with Crippen LogP contribution in [0.25, 0.3) is 0 Å². The molecule has 98 valence electrons. The minimum atomic E-state index is -0.673. The van der Waals surface area contributed by atoms with E-state index in [-0.39, 0.29) is 5.78 Å². The van der Waals surface area contributed by atoms with Gasteiger partial charge >= 0.3 is 0 Å². The average molecular weight is 275 g/mol. The van der Waals surface area contributed by atoms with Crippen molar-refractivity contribution in [2.24, 2.45) is 0 Å². The first-order valence-corrected chi connectivity index (χ1v) is 6.45. The highest BCUT2D eigenvalue weighted by Gasteiger charge is 2.19. The van der Waals surface area contributed by atoms with Crippen molar-refractivity contribution in [2.45, 2.75) is 12.3 Å². The maximum absolute atomic E-state index is 12.3. The van der Waals surface area contributed by atoms with Crippen LogP contribution < -0.4 is 4.74 Å².